The van der Waals surface area contributed by atoms with Crippen LogP contribution in [0, 0.1) is 6.92 Å². The Morgan fingerprint density at radius 1 is 1.09 bits per heavy atom. The van der Waals surface area contributed by atoms with Gasteiger partial charge in [-0.2, -0.15) is 0 Å². The monoisotopic (exact) mass is 361 g/mol. The fraction of sp³-hybridized carbons (Fsp3) is 0.176. The van der Waals surface area contributed by atoms with Gasteiger partial charge in [0.2, 0.25) is 0 Å². The maximum atomic E-state index is 11.8. The summed E-state index contributed by atoms with van der Waals surface area (Å²) in [5.74, 6) is -0.841. The third kappa shape index (κ3) is 4.70. The van der Waals surface area contributed by atoms with Gasteiger partial charge in [0.05, 0.1) is 5.56 Å². The van der Waals surface area contributed by atoms with Gasteiger partial charge in [0, 0.05) is 11.0 Å². The van der Waals surface area contributed by atoms with Gasteiger partial charge in [-0.3, -0.25) is 4.79 Å². The summed E-state index contributed by atoms with van der Waals surface area (Å²) in [6.07, 6.45) is 0. The Hall–Kier alpha value is -2.14. The summed E-state index contributed by atoms with van der Waals surface area (Å²) in [5.41, 5.74) is 2.56. The molecule has 0 unspecified atom stereocenters. The SMILES string of the molecule is Cc1ccccc1CNC(=O)COC(=O)c1ccc(Br)cc1. The van der Waals surface area contributed by atoms with Gasteiger partial charge in [-0.1, -0.05) is 40.2 Å². The van der Waals surface area contributed by atoms with Crippen molar-refractivity contribution in [2.45, 2.75) is 13.5 Å². The van der Waals surface area contributed by atoms with Crippen LogP contribution >= 0.6 is 15.9 Å². The second kappa shape index (κ2) is 7.75. The number of carbonyl (C=O) groups excluding carboxylic acids is 2. The van der Waals surface area contributed by atoms with Crippen molar-refractivity contribution in [1.29, 1.82) is 0 Å². The molecule has 2 aromatic carbocycles. The zero-order chi connectivity index (χ0) is 15.9. The Kier molecular flexibility index (Phi) is 5.72. The lowest BCUT2D eigenvalue weighted by Gasteiger charge is -2.08. The van der Waals surface area contributed by atoms with Crippen LogP contribution < -0.4 is 5.32 Å². The topological polar surface area (TPSA) is 55.4 Å². The molecule has 5 heteroatoms. The minimum atomic E-state index is -0.515. The van der Waals surface area contributed by atoms with Gasteiger partial charge in [0.1, 0.15) is 0 Å². The fourth-order valence-corrected chi connectivity index (χ4v) is 2.12. The first-order valence-corrected chi connectivity index (χ1v) is 7.59. The van der Waals surface area contributed by atoms with Crippen LogP contribution in [0.25, 0.3) is 0 Å². The predicted octanol–water partition coefficient (Wildman–Crippen LogP) is 3.23. The highest BCUT2D eigenvalue weighted by atomic mass is 79.9. The van der Waals surface area contributed by atoms with Crippen molar-refractivity contribution in [1.82, 2.24) is 5.32 Å². The molecular formula is C17H16BrNO3. The minimum Gasteiger partial charge on any atom is -0.452 e. The van der Waals surface area contributed by atoms with Gasteiger partial charge in [-0.05, 0) is 42.3 Å². The molecule has 0 fully saturated rings. The van der Waals surface area contributed by atoms with E-state index < -0.39 is 5.97 Å². The van der Waals surface area contributed by atoms with Gasteiger partial charge < -0.3 is 10.1 Å². The highest BCUT2D eigenvalue weighted by molar-refractivity contribution is 9.10. The summed E-state index contributed by atoms with van der Waals surface area (Å²) in [6, 6.07) is 14.6. The summed E-state index contributed by atoms with van der Waals surface area (Å²) in [7, 11) is 0. The number of carbonyl (C=O) groups is 2. The zero-order valence-electron chi connectivity index (χ0n) is 12.1. The number of halogens is 1. The molecule has 0 saturated heterocycles. The molecule has 22 heavy (non-hydrogen) atoms. The van der Waals surface area contributed by atoms with Crippen molar-refractivity contribution < 1.29 is 14.3 Å². The smallest absolute Gasteiger partial charge is 0.338 e. The molecule has 1 amide bonds. The van der Waals surface area contributed by atoms with E-state index in [1.807, 2.05) is 31.2 Å². The normalized spacial score (nSPS) is 10.1. The summed E-state index contributed by atoms with van der Waals surface area (Å²) < 4.78 is 5.86. The third-order valence-electron chi connectivity index (χ3n) is 3.15. The molecule has 0 heterocycles. The molecule has 0 radical (unpaired) electrons. The highest BCUT2D eigenvalue weighted by Gasteiger charge is 2.10. The summed E-state index contributed by atoms with van der Waals surface area (Å²) in [6.45, 7) is 2.11. The predicted molar refractivity (Wildman–Crippen MR) is 87.5 cm³/mol. The Morgan fingerprint density at radius 2 is 1.77 bits per heavy atom. The Morgan fingerprint density at radius 3 is 2.45 bits per heavy atom. The molecule has 2 rings (SSSR count). The van der Waals surface area contributed by atoms with Crippen LogP contribution in [0.4, 0.5) is 0 Å². The van der Waals surface area contributed by atoms with Gasteiger partial charge in [-0.25, -0.2) is 4.79 Å². The van der Waals surface area contributed by atoms with E-state index in [0.717, 1.165) is 15.6 Å². The molecule has 2 aromatic rings. The first kappa shape index (κ1) is 16.2. The maximum Gasteiger partial charge on any atom is 0.338 e. The molecule has 0 aliphatic carbocycles. The van der Waals surface area contributed by atoms with Gasteiger partial charge in [0.25, 0.3) is 5.91 Å². The quantitative estimate of drug-likeness (QED) is 0.831. The molecule has 0 aliphatic heterocycles. The maximum absolute atomic E-state index is 11.8. The van der Waals surface area contributed by atoms with Crippen molar-refractivity contribution >= 4 is 27.8 Å². The van der Waals surface area contributed by atoms with Gasteiger partial charge in [-0.15, -0.1) is 0 Å². The van der Waals surface area contributed by atoms with Crippen molar-refractivity contribution in [3.8, 4) is 0 Å². The third-order valence-corrected chi connectivity index (χ3v) is 3.68. The highest BCUT2D eigenvalue weighted by Crippen LogP contribution is 2.11. The molecular weight excluding hydrogens is 346 g/mol. The lowest BCUT2D eigenvalue weighted by molar-refractivity contribution is -0.124. The Bertz CT molecular complexity index is 668. The van der Waals surface area contributed by atoms with E-state index in [9.17, 15) is 9.59 Å². The summed E-state index contributed by atoms with van der Waals surface area (Å²) >= 11 is 3.29. The fourth-order valence-electron chi connectivity index (χ4n) is 1.85. The Balaban J connectivity index is 1.79. The number of amides is 1. The van der Waals surface area contributed by atoms with E-state index in [-0.39, 0.29) is 12.5 Å². The Labute approximate surface area is 137 Å². The van der Waals surface area contributed by atoms with E-state index >= 15 is 0 Å². The van der Waals surface area contributed by atoms with E-state index in [4.69, 9.17) is 4.74 Å². The summed E-state index contributed by atoms with van der Waals surface area (Å²) in [4.78, 5) is 23.5. The van der Waals surface area contributed by atoms with Crippen LogP contribution in [0.2, 0.25) is 0 Å². The molecule has 0 atom stereocenters. The first-order valence-electron chi connectivity index (χ1n) is 6.80. The lowest BCUT2D eigenvalue weighted by atomic mass is 10.1. The van der Waals surface area contributed by atoms with Crippen LogP contribution in [0.3, 0.4) is 0 Å². The summed E-state index contributed by atoms with van der Waals surface area (Å²) in [5, 5.41) is 2.73. The molecule has 4 nitrogen and oxygen atoms in total. The van der Waals surface area contributed by atoms with Crippen LogP contribution in [0.1, 0.15) is 21.5 Å². The number of aryl methyl sites for hydroxylation is 1. The number of hydrogen-bond donors (Lipinski definition) is 1. The number of rotatable bonds is 5. The number of ether oxygens (including phenoxy) is 1. The van der Waals surface area contributed by atoms with Gasteiger partial charge >= 0.3 is 5.97 Å². The molecule has 114 valence electrons. The van der Waals surface area contributed by atoms with Crippen molar-refractivity contribution in [2.24, 2.45) is 0 Å². The van der Waals surface area contributed by atoms with E-state index in [1.54, 1.807) is 24.3 Å². The minimum absolute atomic E-state index is 0.291. The number of esters is 1. The molecule has 0 bridgehead atoms. The molecule has 1 N–H and O–H groups in total. The molecule has 0 aromatic heterocycles. The molecule has 0 saturated carbocycles. The lowest BCUT2D eigenvalue weighted by Crippen LogP contribution is -2.28. The molecule has 0 spiro atoms. The van der Waals surface area contributed by atoms with Crippen LogP contribution in [0.15, 0.2) is 53.0 Å². The van der Waals surface area contributed by atoms with Crippen LogP contribution in [-0.4, -0.2) is 18.5 Å². The average Bonchev–Trinajstić information content (AvgIpc) is 2.52. The van der Waals surface area contributed by atoms with Crippen molar-refractivity contribution in [2.75, 3.05) is 6.61 Å². The van der Waals surface area contributed by atoms with E-state index in [2.05, 4.69) is 21.2 Å². The first-order chi connectivity index (χ1) is 10.6. The zero-order valence-corrected chi connectivity index (χ0v) is 13.7. The van der Waals surface area contributed by atoms with Crippen LogP contribution in [0.5, 0.6) is 0 Å². The van der Waals surface area contributed by atoms with E-state index in [0.29, 0.717) is 12.1 Å². The van der Waals surface area contributed by atoms with Crippen LogP contribution in [-0.2, 0) is 16.1 Å². The number of nitrogens with one attached hydrogen (secondary N) is 1. The standard InChI is InChI=1S/C17H16BrNO3/c1-12-4-2-3-5-14(12)10-19-16(20)11-22-17(21)13-6-8-15(18)9-7-13/h2-9H,10-11H2,1H3,(H,19,20). The largest absolute Gasteiger partial charge is 0.452 e. The second-order valence-electron chi connectivity index (χ2n) is 4.79. The average molecular weight is 362 g/mol. The molecule has 0 aliphatic rings. The van der Waals surface area contributed by atoms with Crippen molar-refractivity contribution in [3.05, 3.63) is 69.7 Å². The number of hydrogen-bond acceptors (Lipinski definition) is 3. The number of benzene rings is 2. The van der Waals surface area contributed by atoms with Crippen molar-refractivity contribution in [3.63, 3.8) is 0 Å². The van der Waals surface area contributed by atoms with Gasteiger partial charge in [0.15, 0.2) is 6.61 Å². The second-order valence-corrected chi connectivity index (χ2v) is 5.70. The van der Waals surface area contributed by atoms with E-state index in [1.165, 1.54) is 0 Å².